The van der Waals surface area contributed by atoms with Crippen LogP contribution in [0.2, 0.25) is 0 Å². The van der Waals surface area contributed by atoms with Crippen molar-refractivity contribution in [2.75, 3.05) is 18.1 Å². The minimum absolute atomic E-state index is 0.00611. The Morgan fingerprint density at radius 3 is 2.39 bits per heavy atom. The SMILES string of the molecule is CCN(C(=O)c1cccc2ccccc12)[C@H](C)CS(=O)(=O)CC. The standard InChI is InChI=1S/C18H23NO3S/c1-4-19(14(3)13-23(21,22)5-2)18(20)17-12-8-10-15-9-6-7-11-16(15)17/h6-12,14H,4-5,13H2,1-3H3/t14-/m1/s1. The monoisotopic (exact) mass is 333 g/mol. The van der Waals surface area contributed by atoms with Gasteiger partial charge in [-0.15, -0.1) is 0 Å². The van der Waals surface area contributed by atoms with E-state index >= 15 is 0 Å². The summed E-state index contributed by atoms with van der Waals surface area (Å²) in [6.45, 7) is 5.77. The van der Waals surface area contributed by atoms with Crippen molar-refractivity contribution in [2.45, 2.75) is 26.8 Å². The quantitative estimate of drug-likeness (QED) is 0.816. The highest BCUT2D eigenvalue weighted by atomic mass is 32.2. The summed E-state index contributed by atoms with van der Waals surface area (Å²) >= 11 is 0. The average molecular weight is 333 g/mol. The van der Waals surface area contributed by atoms with Crippen LogP contribution in [-0.2, 0) is 9.84 Å². The Kier molecular flexibility index (Phi) is 5.42. The summed E-state index contributed by atoms with van der Waals surface area (Å²) in [7, 11) is -3.13. The van der Waals surface area contributed by atoms with Crippen LogP contribution < -0.4 is 0 Å². The molecule has 0 bridgehead atoms. The zero-order valence-electron chi connectivity index (χ0n) is 13.8. The van der Waals surface area contributed by atoms with E-state index in [1.54, 1.807) is 24.8 Å². The maximum Gasteiger partial charge on any atom is 0.254 e. The summed E-state index contributed by atoms with van der Waals surface area (Å²) in [6.07, 6.45) is 0. The normalized spacial score (nSPS) is 13.0. The van der Waals surface area contributed by atoms with E-state index in [0.717, 1.165) is 10.8 Å². The molecular formula is C18H23NO3S. The molecule has 0 aliphatic heterocycles. The molecular weight excluding hydrogens is 310 g/mol. The Hall–Kier alpha value is -1.88. The number of sulfone groups is 1. The number of hydrogen-bond acceptors (Lipinski definition) is 3. The lowest BCUT2D eigenvalue weighted by molar-refractivity contribution is 0.0721. The zero-order valence-corrected chi connectivity index (χ0v) is 14.6. The van der Waals surface area contributed by atoms with E-state index in [1.165, 1.54) is 0 Å². The average Bonchev–Trinajstić information content (AvgIpc) is 2.54. The van der Waals surface area contributed by atoms with Crippen LogP contribution in [0.5, 0.6) is 0 Å². The molecule has 0 saturated carbocycles. The predicted molar refractivity (Wildman–Crippen MR) is 94.4 cm³/mol. The smallest absolute Gasteiger partial charge is 0.254 e. The summed E-state index contributed by atoms with van der Waals surface area (Å²) in [6, 6.07) is 13.0. The molecule has 0 N–H and O–H groups in total. The van der Waals surface area contributed by atoms with Crippen LogP contribution in [0.4, 0.5) is 0 Å². The fourth-order valence-corrected chi connectivity index (χ4v) is 3.95. The first kappa shape index (κ1) is 17.5. The summed E-state index contributed by atoms with van der Waals surface area (Å²) < 4.78 is 23.7. The first-order valence-corrected chi connectivity index (χ1v) is 9.71. The van der Waals surface area contributed by atoms with Gasteiger partial charge in [-0.3, -0.25) is 4.79 Å². The molecule has 23 heavy (non-hydrogen) atoms. The van der Waals surface area contributed by atoms with Crippen molar-refractivity contribution in [1.29, 1.82) is 0 Å². The van der Waals surface area contributed by atoms with Gasteiger partial charge in [0, 0.05) is 23.9 Å². The van der Waals surface area contributed by atoms with Gasteiger partial charge in [0.25, 0.3) is 5.91 Å². The van der Waals surface area contributed by atoms with Crippen LogP contribution in [0.25, 0.3) is 10.8 Å². The van der Waals surface area contributed by atoms with Crippen LogP contribution in [0.15, 0.2) is 42.5 Å². The largest absolute Gasteiger partial charge is 0.335 e. The molecule has 2 aromatic carbocycles. The Morgan fingerprint density at radius 2 is 1.74 bits per heavy atom. The third-order valence-electron chi connectivity index (χ3n) is 4.09. The number of fused-ring (bicyclic) bond motifs is 1. The van der Waals surface area contributed by atoms with E-state index in [0.29, 0.717) is 12.1 Å². The molecule has 0 aliphatic carbocycles. The van der Waals surface area contributed by atoms with Gasteiger partial charge in [0.15, 0.2) is 9.84 Å². The molecule has 0 radical (unpaired) electrons. The van der Waals surface area contributed by atoms with Gasteiger partial charge in [0.2, 0.25) is 0 Å². The molecule has 0 unspecified atom stereocenters. The van der Waals surface area contributed by atoms with Crippen molar-refractivity contribution in [3.63, 3.8) is 0 Å². The summed E-state index contributed by atoms with van der Waals surface area (Å²) in [5.41, 5.74) is 0.616. The molecule has 1 amide bonds. The van der Waals surface area contributed by atoms with Gasteiger partial charge in [-0.2, -0.15) is 0 Å². The zero-order chi connectivity index (χ0) is 17.0. The minimum Gasteiger partial charge on any atom is -0.335 e. The second-order valence-electron chi connectivity index (χ2n) is 5.67. The van der Waals surface area contributed by atoms with Gasteiger partial charge in [-0.25, -0.2) is 8.42 Å². The van der Waals surface area contributed by atoms with Crippen molar-refractivity contribution in [3.8, 4) is 0 Å². The first-order valence-electron chi connectivity index (χ1n) is 7.88. The molecule has 0 aromatic heterocycles. The van der Waals surface area contributed by atoms with Gasteiger partial charge >= 0.3 is 0 Å². The number of carbonyl (C=O) groups excluding carboxylic acids is 1. The molecule has 0 fully saturated rings. The molecule has 2 aromatic rings. The Bertz CT molecular complexity index is 794. The van der Waals surface area contributed by atoms with Crippen molar-refractivity contribution in [1.82, 2.24) is 4.90 Å². The molecule has 0 spiro atoms. The Labute approximate surface area is 138 Å². The maximum atomic E-state index is 12.9. The van der Waals surface area contributed by atoms with E-state index in [9.17, 15) is 13.2 Å². The predicted octanol–water partition coefficient (Wildman–Crippen LogP) is 3.13. The number of rotatable bonds is 6. The molecule has 0 aliphatic rings. The minimum atomic E-state index is -3.13. The maximum absolute atomic E-state index is 12.9. The van der Waals surface area contributed by atoms with Crippen LogP contribution in [-0.4, -0.2) is 43.3 Å². The number of carbonyl (C=O) groups is 1. The highest BCUT2D eigenvalue weighted by Crippen LogP contribution is 2.21. The van der Waals surface area contributed by atoms with E-state index in [4.69, 9.17) is 0 Å². The van der Waals surface area contributed by atoms with Crippen LogP contribution in [0.3, 0.4) is 0 Å². The highest BCUT2D eigenvalue weighted by Gasteiger charge is 2.25. The van der Waals surface area contributed by atoms with Crippen LogP contribution in [0.1, 0.15) is 31.1 Å². The number of benzene rings is 2. The van der Waals surface area contributed by atoms with E-state index < -0.39 is 9.84 Å². The van der Waals surface area contributed by atoms with Gasteiger partial charge in [0.1, 0.15) is 0 Å². The fraction of sp³-hybridized carbons (Fsp3) is 0.389. The molecule has 4 nitrogen and oxygen atoms in total. The van der Waals surface area contributed by atoms with Crippen molar-refractivity contribution < 1.29 is 13.2 Å². The van der Waals surface area contributed by atoms with Gasteiger partial charge in [-0.05, 0) is 30.7 Å². The lowest BCUT2D eigenvalue weighted by atomic mass is 10.0. The van der Waals surface area contributed by atoms with Crippen molar-refractivity contribution in [3.05, 3.63) is 48.0 Å². The molecule has 5 heteroatoms. The summed E-state index contributed by atoms with van der Waals surface area (Å²) in [4.78, 5) is 14.6. The fourth-order valence-electron chi connectivity index (χ4n) is 2.80. The van der Waals surface area contributed by atoms with E-state index in [2.05, 4.69) is 0 Å². The second kappa shape index (κ2) is 7.13. The summed E-state index contributed by atoms with van der Waals surface area (Å²) in [5.74, 6) is -0.0336. The van der Waals surface area contributed by atoms with Gasteiger partial charge < -0.3 is 4.90 Å². The first-order chi connectivity index (χ1) is 10.9. The molecule has 124 valence electrons. The Balaban J connectivity index is 2.36. The van der Waals surface area contributed by atoms with Crippen LogP contribution >= 0.6 is 0 Å². The van der Waals surface area contributed by atoms with E-state index in [1.807, 2.05) is 43.3 Å². The van der Waals surface area contributed by atoms with Crippen molar-refractivity contribution in [2.24, 2.45) is 0 Å². The summed E-state index contributed by atoms with van der Waals surface area (Å²) in [5, 5.41) is 1.90. The topological polar surface area (TPSA) is 54.5 Å². The number of nitrogens with zero attached hydrogens (tertiary/aromatic N) is 1. The van der Waals surface area contributed by atoms with Crippen molar-refractivity contribution >= 4 is 26.5 Å². The number of hydrogen-bond donors (Lipinski definition) is 0. The molecule has 0 saturated heterocycles. The molecule has 0 heterocycles. The lowest BCUT2D eigenvalue weighted by Gasteiger charge is -2.28. The number of amides is 1. The molecule has 2 rings (SSSR count). The molecule has 1 atom stereocenters. The van der Waals surface area contributed by atoms with Crippen LogP contribution in [0, 0.1) is 0 Å². The lowest BCUT2D eigenvalue weighted by Crippen LogP contribution is -2.42. The van der Waals surface area contributed by atoms with Gasteiger partial charge in [-0.1, -0.05) is 43.3 Å². The highest BCUT2D eigenvalue weighted by molar-refractivity contribution is 7.91. The van der Waals surface area contributed by atoms with E-state index in [-0.39, 0.29) is 23.5 Å². The third-order valence-corrected chi connectivity index (χ3v) is 5.96. The Morgan fingerprint density at radius 1 is 1.09 bits per heavy atom. The van der Waals surface area contributed by atoms with Gasteiger partial charge in [0.05, 0.1) is 5.75 Å². The second-order valence-corrected chi connectivity index (χ2v) is 8.06. The third kappa shape index (κ3) is 3.91.